The Balaban J connectivity index is 1.47. The lowest BCUT2D eigenvalue weighted by Crippen LogP contribution is -2.34. The molecule has 5 rings (SSSR count). The van der Waals surface area contributed by atoms with Crippen LogP contribution in [0.2, 0.25) is 0 Å². The fourth-order valence-corrected chi connectivity index (χ4v) is 5.71. The highest BCUT2D eigenvalue weighted by atomic mass is 32.2. The highest BCUT2D eigenvalue weighted by Gasteiger charge is 2.31. The molecule has 0 spiro atoms. The van der Waals surface area contributed by atoms with Gasteiger partial charge in [0, 0.05) is 47.1 Å². The van der Waals surface area contributed by atoms with E-state index >= 15 is 0 Å². The Morgan fingerprint density at radius 2 is 1.91 bits per heavy atom. The smallest absolute Gasteiger partial charge is 0.269 e. The third-order valence-electron chi connectivity index (χ3n) is 6.00. The molecule has 162 valence electrons. The molecule has 1 amide bonds. The normalized spacial score (nSPS) is 17.3. The molecule has 1 atom stereocenters. The average Bonchev–Trinajstić information content (AvgIpc) is 3.10. The van der Waals surface area contributed by atoms with Crippen LogP contribution in [0.4, 0.5) is 11.4 Å². The van der Waals surface area contributed by atoms with E-state index in [4.69, 9.17) is 0 Å². The van der Waals surface area contributed by atoms with Gasteiger partial charge in [-0.15, -0.1) is 0 Å². The Kier molecular flexibility index (Phi) is 4.57. The number of anilines is 1. The molecule has 1 heterocycles. The van der Waals surface area contributed by atoms with Gasteiger partial charge >= 0.3 is 0 Å². The number of hydrogen-bond donors (Lipinski definition) is 2. The van der Waals surface area contributed by atoms with Crippen molar-refractivity contribution in [2.24, 2.45) is 0 Å². The number of non-ortho nitro benzene ring substituents is 1. The van der Waals surface area contributed by atoms with E-state index in [9.17, 15) is 28.1 Å². The molecule has 0 fully saturated rings. The van der Waals surface area contributed by atoms with E-state index < -0.39 is 20.9 Å². The number of nitro groups is 1. The molecule has 1 aliphatic heterocycles. The Bertz CT molecular complexity index is 1450. The minimum Gasteiger partial charge on any atom is -0.321 e. The number of carbonyl (C=O) groups excluding carboxylic acids is 2. The van der Waals surface area contributed by atoms with Crippen LogP contribution < -0.4 is 10.0 Å². The van der Waals surface area contributed by atoms with Gasteiger partial charge in [-0.2, -0.15) is 0 Å². The van der Waals surface area contributed by atoms with Crippen molar-refractivity contribution < 1.29 is 22.9 Å². The number of carbonyl (C=O) groups is 2. The van der Waals surface area contributed by atoms with Crippen LogP contribution >= 0.6 is 0 Å². The van der Waals surface area contributed by atoms with Crippen molar-refractivity contribution in [2.45, 2.75) is 23.7 Å². The second-order valence-corrected chi connectivity index (χ2v) is 9.54. The van der Waals surface area contributed by atoms with Gasteiger partial charge in [0.05, 0.1) is 15.7 Å². The number of sulfonamides is 1. The van der Waals surface area contributed by atoms with Crippen molar-refractivity contribution in [1.82, 2.24) is 4.72 Å². The number of aryl methyl sites for hydroxylation is 1. The largest absolute Gasteiger partial charge is 0.321 e. The highest BCUT2D eigenvalue weighted by Crippen LogP contribution is 2.37. The predicted molar refractivity (Wildman–Crippen MR) is 116 cm³/mol. The number of nitrogens with zero attached hydrogens (tertiary/aromatic N) is 1. The zero-order valence-electron chi connectivity index (χ0n) is 16.6. The molecule has 1 aliphatic carbocycles. The molecule has 10 heteroatoms. The third-order valence-corrected chi connectivity index (χ3v) is 7.48. The van der Waals surface area contributed by atoms with Gasteiger partial charge in [0.1, 0.15) is 5.78 Å². The molecule has 0 saturated heterocycles. The number of rotatable bonds is 5. The van der Waals surface area contributed by atoms with E-state index in [2.05, 4.69) is 10.0 Å². The first-order valence-electron chi connectivity index (χ1n) is 9.93. The first-order valence-corrected chi connectivity index (χ1v) is 11.4. The fraction of sp³-hybridized carbons (Fsp3) is 0.182. The van der Waals surface area contributed by atoms with Crippen LogP contribution in [0.1, 0.15) is 33.8 Å². The standard InChI is InChI=1S/C22H17N3O6S/c26-19-8-4-12-10-13(25(28)29)5-6-14(12)17(19)11-23-32(30,31)20-9-7-18-21-15(20)2-1-3-16(21)22(27)24-18/h1-3,5-7,9-10,17,23H,4,8,11H2,(H,24,27). The van der Waals surface area contributed by atoms with Gasteiger partial charge in [-0.25, -0.2) is 13.1 Å². The summed E-state index contributed by atoms with van der Waals surface area (Å²) < 4.78 is 28.8. The number of nitro benzene ring substituents is 1. The number of amides is 1. The zero-order valence-corrected chi connectivity index (χ0v) is 17.4. The number of Topliss-reactive ketones (excluding diaryl/α,β-unsaturated/α-hetero) is 1. The van der Waals surface area contributed by atoms with Crippen molar-refractivity contribution in [3.8, 4) is 0 Å². The molecule has 1 unspecified atom stereocenters. The molecule has 3 aromatic carbocycles. The molecule has 2 aliphatic rings. The number of hydrogen-bond acceptors (Lipinski definition) is 6. The number of fused-ring (bicyclic) bond motifs is 1. The van der Waals surface area contributed by atoms with Crippen LogP contribution in [-0.2, 0) is 21.2 Å². The van der Waals surface area contributed by atoms with E-state index in [1.807, 2.05) is 0 Å². The summed E-state index contributed by atoms with van der Waals surface area (Å²) in [6, 6.07) is 12.2. The first kappa shape index (κ1) is 20.3. The lowest BCUT2D eigenvalue weighted by molar-refractivity contribution is -0.384. The minimum atomic E-state index is -4.01. The van der Waals surface area contributed by atoms with E-state index in [1.165, 1.54) is 24.3 Å². The maximum absolute atomic E-state index is 13.2. The van der Waals surface area contributed by atoms with Gasteiger partial charge in [0.2, 0.25) is 10.0 Å². The van der Waals surface area contributed by atoms with Gasteiger partial charge < -0.3 is 5.32 Å². The van der Waals surface area contributed by atoms with Gasteiger partial charge in [-0.05, 0) is 35.7 Å². The maximum Gasteiger partial charge on any atom is 0.269 e. The SMILES string of the molecule is O=C1Nc2ccc(S(=O)(=O)NCC3C(=O)CCc4cc([N+](=O)[O-])ccc43)c3cccc1c23. The molecule has 0 aromatic heterocycles. The summed E-state index contributed by atoms with van der Waals surface area (Å²) in [6.07, 6.45) is 0.574. The van der Waals surface area contributed by atoms with E-state index in [-0.39, 0.29) is 35.2 Å². The van der Waals surface area contributed by atoms with Gasteiger partial charge in [-0.3, -0.25) is 19.7 Å². The molecule has 9 nitrogen and oxygen atoms in total. The summed E-state index contributed by atoms with van der Waals surface area (Å²) in [5.41, 5.74) is 2.18. The first-order chi connectivity index (χ1) is 15.3. The summed E-state index contributed by atoms with van der Waals surface area (Å²) in [5.74, 6) is -1.13. The van der Waals surface area contributed by atoms with Crippen LogP contribution in [-0.4, -0.2) is 31.6 Å². The molecule has 2 N–H and O–H groups in total. The lowest BCUT2D eigenvalue weighted by Gasteiger charge is -2.24. The number of ketones is 1. The van der Waals surface area contributed by atoms with Crippen LogP contribution in [0.15, 0.2) is 53.4 Å². The Morgan fingerprint density at radius 1 is 1.09 bits per heavy atom. The monoisotopic (exact) mass is 451 g/mol. The average molecular weight is 451 g/mol. The van der Waals surface area contributed by atoms with E-state index in [1.54, 1.807) is 24.3 Å². The van der Waals surface area contributed by atoms with Crippen molar-refractivity contribution in [2.75, 3.05) is 11.9 Å². The Morgan fingerprint density at radius 3 is 2.69 bits per heavy atom. The van der Waals surface area contributed by atoms with Crippen molar-refractivity contribution in [1.29, 1.82) is 0 Å². The summed E-state index contributed by atoms with van der Waals surface area (Å²) in [4.78, 5) is 35.2. The second kappa shape index (κ2) is 7.21. The van der Waals surface area contributed by atoms with Crippen LogP contribution in [0.3, 0.4) is 0 Å². The topological polar surface area (TPSA) is 135 Å². The fourth-order valence-electron chi connectivity index (χ4n) is 4.46. The molecule has 0 bridgehead atoms. The van der Waals surface area contributed by atoms with Gasteiger partial charge in [0.15, 0.2) is 0 Å². The highest BCUT2D eigenvalue weighted by molar-refractivity contribution is 7.89. The second-order valence-electron chi connectivity index (χ2n) is 7.80. The van der Waals surface area contributed by atoms with Crippen molar-refractivity contribution >= 4 is 43.9 Å². The van der Waals surface area contributed by atoms with Crippen molar-refractivity contribution in [3.63, 3.8) is 0 Å². The minimum absolute atomic E-state index is 0.0155. The molecule has 3 aromatic rings. The molecule has 0 radical (unpaired) electrons. The molecular weight excluding hydrogens is 434 g/mol. The molecule has 32 heavy (non-hydrogen) atoms. The summed E-state index contributed by atoms with van der Waals surface area (Å²) in [6.45, 7) is -0.161. The maximum atomic E-state index is 13.2. The molecular formula is C22H17N3O6S. The third kappa shape index (κ3) is 3.15. The summed E-state index contributed by atoms with van der Waals surface area (Å²) in [5, 5.41) is 14.7. The van der Waals surface area contributed by atoms with Crippen LogP contribution in [0.5, 0.6) is 0 Å². The van der Waals surface area contributed by atoms with Crippen molar-refractivity contribution in [3.05, 3.63) is 75.3 Å². The molecule has 0 saturated carbocycles. The summed E-state index contributed by atoms with van der Waals surface area (Å²) in [7, 11) is -4.01. The quantitative estimate of drug-likeness (QED) is 0.452. The van der Waals surface area contributed by atoms with Gasteiger partial charge in [-0.1, -0.05) is 18.2 Å². The lowest BCUT2D eigenvalue weighted by atomic mass is 9.82. The zero-order chi connectivity index (χ0) is 22.6. The van der Waals surface area contributed by atoms with E-state index in [0.717, 1.165) is 0 Å². The van der Waals surface area contributed by atoms with E-state index in [0.29, 0.717) is 39.6 Å². The number of nitrogens with one attached hydrogen (secondary N) is 2. The Labute approximate surface area is 182 Å². The van der Waals surface area contributed by atoms with Crippen LogP contribution in [0.25, 0.3) is 10.8 Å². The summed E-state index contributed by atoms with van der Waals surface area (Å²) >= 11 is 0. The Hall–Kier alpha value is -3.63. The number of benzene rings is 3. The van der Waals surface area contributed by atoms with Gasteiger partial charge in [0.25, 0.3) is 11.6 Å². The predicted octanol–water partition coefficient (Wildman–Crippen LogP) is 2.89. The van der Waals surface area contributed by atoms with Crippen LogP contribution in [0, 0.1) is 10.1 Å².